The number of hydrogen-bond acceptors (Lipinski definition) is 2. The molecule has 0 aromatic carbocycles. The van der Waals surface area contributed by atoms with Crippen molar-refractivity contribution in [2.75, 3.05) is 13.1 Å². The molecule has 0 unspecified atom stereocenters. The molecule has 2 aliphatic rings. The van der Waals surface area contributed by atoms with Crippen LogP contribution in [0.5, 0.6) is 0 Å². The van der Waals surface area contributed by atoms with Gasteiger partial charge >= 0.3 is 0 Å². The molecule has 88 valence electrons. The molecular formula is C10H20N2O2S. The molecule has 0 bridgehead atoms. The zero-order valence-corrected chi connectivity index (χ0v) is 10.1. The first-order valence-electron chi connectivity index (χ1n) is 5.86. The van der Waals surface area contributed by atoms with Crippen molar-refractivity contribution in [1.29, 1.82) is 0 Å². The van der Waals surface area contributed by atoms with Crippen molar-refractivity contribution in [3.63, 3.8) is 0 Å². The van der Waals surface area contributed by atoms with Crippen molar-refractivity contribution < 1.29 is 8.42 Å². The smallest absolute Gasteiger partial charge is 0.202 e. The highest BCUT2D eigenvalue weighted by molar-refractivity contribution is 7.87. The summed E-state index contributed by atoms with van der Waals surface area (Å²) in [6.07, 6.45) is 5.49. The first kappa shape index (κ1) is 11.4. The topological polar surface area (TPSA) is 49.4 Å². The molecule has 5 heteroatoms. The number of piperidine rings is 1. The number of hydrogen-bond donors (Lipinski definition) is 1. The van der Waals surface area contributed by atoms with Gasteiger partial charge in [-0.05, 0) is 38.5 Å². The van der Waals surface area contributed by atoms with Gasteiger partial charge < -0.3 is 0 Å². The molecule has 2 rings (SSSR count). The van der Waals surface area contributed by atoms with Crippen LogP contribution >= 0.6 is 0 Å². The number of nitrogens with zero attached hydrogens (tertiary/aromatic N) is 1. The van der Waals surface area contributed by atoms with Gasteiger partial charge in [0.05, 0.1) is 0 Å². The molecule has 1 aliphatic carbocycles. The van der Waals surface area contributed by atoms with Crippen molar-refractivity contribution >= 4 is 10.2 Å². The summed E-state index contributed by atoms with van der Waals surface area (Å²) in [4.78, 5) is 0. The van der Waals surface area contributed by atoms with Crippen LogP contribution in [-0.2, 0) is 10.2 Å². The predicted octanol–water partition coefficient (Wildman–Crippen LogP) is 1.11. The van der Waals surface area contributed by atoms with Crippen LogP contribution < -0.4 is 4.72 Å². The third-order valence-electron chi connectivity index (χ3n) is 3.30. The first-order valence-corrected chi connectivity index (χ1v) is 7.30. The predicted molar refractivity (Wildman–Crippen MR) is 59.7 cm³/mol. The van der Waals surface area contributed by atoms with Crippen LogP contribution in [0.1, 0.15) is 39.0 Å². The van der Waals surface area contributed by atoms with Gasteiger partial charge in [0.2, 0.25) is 0 Å². The van der Waals surface area contributed by atoms with E-state index in [1.54, 1.807) is 4.31 Å². The summed E-state index contributed by atoms with van der Waals surface area (Å²) in [5.41, 5.74) is 0. The molecule has 0 radical (unpaired) electrons. The average Bonchev–Trinajstić information content (AvgIpc) is 2.99. The highest BCUT2D eigenvalue weighted by atomic mass is 32.2. The highest BCUT2D eigenvalue weighted by Crippen LogP contribution is 2.28. The molecule has 0 aromatic rings. The van der Waals surface area contributed by atoms with Gasteiger partial charge in [0.25, 0.3) is 10.2 Å². The van der Waals surface area contributed by atoms with Gasteiger partial charge in [0.15, 0.2) is 0 Å². The molecule has 2 fully saturated rings. The van der Waals surface area contributed by atoms with Crippen molar-refractivity contribution in [3.05, 3.63) is 0 Å². The van der Waals surface area contributed by atoms with Gasteiger partial charge in [0.1, 0.15) is 0 Å². The van der Waals surface area contributed by atoms with Gasteiger partial charge in [-0.1, -0.05) is 6.42 Å². The normalized spacial score (nSPS) is 29.3. The van der Waals surface area contributed by atoms with Crippen LogP contribution in [0.2, 0.25) is 0 Å². The maximum absolute atomic E-state index is 11.9. The van der Waals surface area contributed by atoms with E-state index in [1.807, 2.05) is 6.92 Å². The zero-order valence-electron chi connectivity index (χ0n) is 9.28. The SMILES string of the molecule is C[C@@H]1CCCCN1S(=O)(=O)NCC1CC1. The lowest BCUT2D eigenvalue weighted by Crippen LogP contribution is -2.48. The Hall–Kier alpha value is -0.130. The minimum atomic E-state index is -3.20. The molecule has 0 amide bonds. The van der Waals surface area contributed by atoms with Gasteiger partial charge in [-0.15, -0.1) is 0 Å². The van der Waals surface area contributed by atoms with Gasteiger partial charge in [-0.2, -0.15) is 12.7 Å². The molecule has 4 nitrogen and oxygen atoms in total. The maximum Gasteiger partial charge on any atom is 0.279 e. The molecule has 1 saturated heterocycles. The summed E-state index contributed by atoms with van der Waals surface area (Å²) < 4.78 is 28.2. The lowest BCUT2D eigenvalue weighted by atomic mass is 10.1. The summed E-state index contributed by atoms with van der Waals surface area (Å²) in [5.74, 6) is 0.597. The summed E-state index contributed by atoms with van der Waals surface area (Å²) >= 11 is 0. The van der Waals surface area contributed by atoms with E-state index in [9.17, 15) is 8.42 Å². The van der Waals surface area contributed by atoms with Crippen molar-refractivity contribution in [2.24, 2.45) is 5.92 Å². The first-order chi connectivity index (χ1) is 7.09. The maximum atomic E-state index is 11.9. The fourth-order valence-electron chi connectivity index (χ4n) is 2.06. The molecule has 0 aromatic heterocycles. The zero-order chi connectivity index (χ0) is 10.9. The molecule has 15 heavy (non-hydrogen) atoms. The fraction of sp³-hybridized carbons (Fsp3) is 1.00. The molecule has 1 atom stereocenters. The summed E-state index contributed by atoms with van der Waals surface area (Å²) in [6, 6.07) is 0.162. The summed E-state index contributed by atoms with van der Waals surface area (Å²) in [7, 11) is -3.20. The average molecular weight is 232 g/mol. The molecule has 1 heterocycles. The molecule has 1 N–H and O–H groups in total. The van der Waals surface area contributed by atoms with Gasteiger partial charge in [0, 0.05) is 19.1 Å². The van der Waals surface area contributed by atoms with Gasteiger partial charge in [-0.3, -0.25) is 0 Å². The van der Waals surface area contributed by atoms with E-state index in [0.29, 0.717) is 19.0 Å². The van der Waals surface area contributed by atoms with Crippen molar-refractivity contribution in [3.8, 4) is 0 Å². The Balaban J connectivity index is 1.92. The quantitative estimate of drug-likeness (QED) is 0.789. The van der Waals surface area contributed by atoms with Crippen LogP contribution in [0.15, 0.2) is 0 Å². The van der Waals surface area contributed by atoms with Crippen LogP contribution in [-0.4, -0.2) is 31.9 Å². The van der Waals surface area contributed by atoms with E-state index in [-0.39, 0.29) is 6.04 Å². The second kappa shape index (κ2) is 4.39. The second-order valence-corrected chi connectivity index (χ2v) is 6.46. The van der Waals surface area contributed by atoms with Crippen molar-refractivity contribution in [2.45, 2.75) is 45.1 Å². The molecule has 1 aliphatic heterocycles. The number of rotatable bonds is 4. The Kier molecular flexibility index (Phi) is 3.33. The lowest BCUT2D eigenvalue weighted by molar-refractivity contribution is 0.265. The largest absolute Gasteiger partial charge is 0.279 e. The van der Waals surface area contributed by atoms with E-state index < -0.39 is 10.2 Å². The van der Waals surface area contributed by atoms with E-state index >= 15 is 0 Å². The number of nitrogens with one attached hydrogen (secondary N) is 1. The Morgan fingerprint density at radius 2 is 2.00 bits per heavy atom. The van der Waals surface area contributed by atoms with Crippen LogP contribution in [0.25, 0.3) is 0 Å². The summed E-state index contributed by atoms with van der Waals surface area (Å²) in [6.45, 7) is 3.31. The second-order valence-electron chi connectivity index (χ2n) is 4.75. The lowest BCUT2D eigenvalue weighted by Gasteiger charge is -2.32. The van der Waals surface area contributed by atoms with E-state index in [1.165, 1.54) is 12.8 Å². The fourth-order valence-corrected chi connectivity index (χ4v) is 3.62. The highest BCUT2D eigenvalue weighted by Gasteiger charge is 2.31. The Morgan fingerprint density at radius 1 is 1.27 bits per heavy atom. The minimum absolute atomic E-state index is 0.162. The third kappa shape index (κ3) is 2.92. The van der Waals surface area contributed by atoms with E-state index in [0.717, 1.165) is 19.3 Å². The van der Waals surface area contributed by atoms with Crippen molar-refractivity contribution in [1.82, 2.24) is 9.03 Å². The Labute approximate surface area is 92.2 Å². The Morgan fingerprint density at radius 3 is 2.60 bits per heavy atom. The van der Waals surface area contributed by atoms with Crippen LogP contribution in [0.4, 0.5) is 0 Å². The van der Waals surface area contributed by atoms with Crippen LogP contribution in [0, 0.1) is 5.92 Å². The minimum Gasteiger partial charge on any atom is -0.202 e. The van der Waals surface area contributed by atoms with E-state index in [4.69, 9.17) is 0 Å². The molecular weight excluding hydrogens is 212 g/mol. The van der Waals surface area contributed by atoms with E-state index in [2.05, 4.69) is 4.72 Å². The van der Waals surface area contributed by atoms with Crippen LogP contribution in [0.3, 0.4) is 0 Å². The summed E-state index contributed by atoms with van der Waals surface area (Å²) in [5, 5.41) is 0. The van der Waals surface area contributed by atoms with Gasteiger partial charge in [-0.25, -0.2) is 4.72 Å². The Bertz CT molecular complexity index is 311. The third-order valence-corrected chi connectivity index (χ3v) is 4.99. The standard InChI is InChI=1S/C10H20N2O2S/c1-9-4-2-3-7-12(9)15(13,14)11-8-10-5-6-10/h9-11H,2-8H2,1H3/t9-/m1/s1. The molecule has 0 spiro atoms. The monoisotopic (exact) mass is 232 g/mol. The molecule has 1 saturated carbocycles.